The number of aliphatic imine (C=N–C) groups is 1. The second kappa shape index (κ2) is 34.4. The highest BCUT2D eigenvalue weighted by atomic mass is 79.9. The van der Waals surface area contributed by atoms with Crippen molar-refractivity contribution in [1.82, 2.24) is 0 Å². The van der Waals surface area contributed by atoms with Gasteiger partial charge in [0.25, 0.3) is 0 Å². The fourth-order valence-electron chi connectivity index (χ4n) is 3.37. The molecule has 0 aromatic rings. The molecule has 4 heteroatoms. The van der Waals surface area contributed by atoms with Crippen LogP contribution in [0.3, 0.4) is 0 Å². The van der Waals surface area contributed by atoms with Crippen LogP contribution in [0.25, 0.3) is 0 Å². The SMILES string of the molecule is C=C(C=C(C)C)C(CCC)CCC.C=C/C=C(\C=NC)CC.C=CC(Br)=C(C)C.CC(=O)C1CCCO1.CCCC. The van der Waals surface area contributed by atoms with Crippen molar-refractivity contribution in [3.8, 4) is 0 Å². The molecule has 1 unspecified atom stereocenters. The Morgan fingerprint density at radius 1 is 0.976 bits per heavy atom. The molecule has 1 aliphatic heterocycles. The number of ether oxygens (including phenoxy) is 1. The van der Waals surface area contributed by atoms with E-state index in [9.17, 15) is 4.79 Å². The van der Waals surface area contributed by atoms with Crippen molar-refractivity contribution in [3.05, 3.63) is 70.8 Å². The van der Waals surface area contributed by atoms with Crippen LogP contribution < -0.4 is 0 Å². The van der Waals surface area contributed by atoms with Crippen LogP contribution in [-0.2, 0) is 9.53 Å². The Hall–Kier alpha value is -1.78. The highest BCUT2D eigenvalue weighted by Gasteiger charge is 2.18. The summed E-state index contributed by atoms with van der Waals surface area (Å²) in [6.07, 6.45) is 20.3. The molecule has 1 fully saturated rings. The summed E-state index contributed by atoms with van der Waals surface area (Å²) in [4.78, 5) is 14.4. The summed E-state index contributed by atoms with van der Waals surface area (Å²) < 4.78 is 6.16. The average molecular weight is 637 g/mol. The lowest BCUT2D eigenvalue weighted by Crippen LogP contribution is -2.14. The van der Waals surface area contributed by atoms with Gasteiger partial charge in [0.15, 0.2) is 5.78 Å². The number of allylic oxidation sites excluding steroid dienone is 9. The van der Waals surface area contributed by atoms with E-state index < -0.39 is 0 Å². The van der Waals surface area contributed by atoms with Gasteiger partial charge < -0.3 is 4.74 Å². The van der Waals surface area contributed by atoms with Crippen LogP contribution >= 0.6 is 15.9 Å². The van der Waals surface area contributed by atoms with E-state index in [1.807, 2.05) is 26.1 Å². The number of nitrogens with zero attached hydrogens (tertiary/aromatic N) is 1. The van der Waals surface area contributed by atoms with E-state index in [2.05, 4.69) is 95.2 Å². The minimum atomic E-state index is -0.0741. The monoisotopic (exact) mass is 635 g/mol. The van der Waals surface area contributed by atoms with Gasteiger partial charge in [-0.3, -0.25) is 9.79 Å². The van der Waals surface area contributed by atoms with Crippen molar-refractivity contribution < 1.29 is 9.53 Å². The van der Waals surface area contributed by atoms with Crippen molar-refractivity contribution in [1.29, 1.82) is 0 Å². The Morgan fingerprint density at radius 2 is 1.51 bits per heavy atom. The van der Waals surface area contributed by atoms with E-state index in [-0.39, 0.29) is 11.9 Å². The maximum absolute atomic E-state index is 10.5. The zero-order valence-electron chi connectivity index (χ0n) is 28.9. The summed E-state index contributed by atoms with van der Waals surface area (Å²) in [6, 6.07) is 0. The molecule has 1 rings (SSSR count). The van der Waals surface area contributed by atoms with Crippen molar-refractivity contribution >= 4 is 27.9 Å². The van der Waals surface area contributed by atoms with Crippen molar-refractivity contribution in [2.45, 2.75) is 133 Å². The number of Topliss-reactive ketones (excluding diaryl/α,β-unsaturated/α-hetero) is 1. The third-order valence-corrected chi connectivity index (χ3v) is 6.96. The number of rotatable bonds is 12. The molecule has 0 aromatic carbocycles. The van der Waals surface area contributed by atoms with Crippen LogP contribution in [0.4, 0.5) is 0 Å². The van der Waals surface area contributed by atoms with Gasteiger partial charge in [-0.2, -0.15) is 0 Å². The smallest absolute Gasteiger partial charge is 0.158 e. The first-order valence-corrected chi connectivity index (χ1v) is 16.3. The Labute approximate surface area is 265 Å². The highest BCUT2D eigenvalue weighted by molar-refractivity contribution is 9.11. The molecule has 0 spiro atoms. The molecule has 1 saturated heterocycles. The van der Waals surface area contributed by atoms with Crippen LogP contribution in [0.2, 0.25) is 0 Å². The van der Waals surface area contributed by atoms with Crippen molar-refractivity contribution in [2.24, 2.45) is 10.9 Å². The summed E-state index contributed by atoms with van der Waals surface area (Å²) in [5.41, 5.74) is 5.16. The Bertz CT molecular complexity index is 780. The molecule has 1 aliphatic rings. The summed E-state index contributed by atoms with van der Waals surface area (Å²) in [7, 11) is 1.77. The number of hydrogen-bond donors (Lipinski definition) is 0. The number of carbonyl (C=O) groups excluding carboxylic acids is 1. The van der Waals surface area contributed by atoms with Gasteiger partial charge in [0.2, 0.25) is 0 Å². The molecular weight excluding hydrogens is 570 g/mol. The Balaban J connectivity index is -0.000000218. The van der Waals surface area contributed by atoms with E-state index in [0.29, 0.717) is 5.92 Å². The number of ketones is 1. The van der Waals surface area contributed by atoms with Gasteiger partial charge in [0.1, 0.15) is 6.10 Å². The molecule has 0 aromatic heterocycles. The number of unbranched alkanes of at least 4 members (excludes halogenated alkanes) is 1. The van der Waals surface area contributed by atoms with Crippen LogP contribution in [-0.4, -0.2) is 31.8 Å². The molecule has 0 aliphatic carbocycles. The van der Waals surface area contributed by atoms with Gasteiger partial charge in [-0.15, -0.1) is 0 Å². The number of halogens is 1. The average Bonchev–Trinajstić information content (AvgIpc) is 3.49. The molecule has 0 N–H and O–H groups in total. The molecule has 1 heterocycles. The fourth-order valence-corrected chi connectivity index (χ4v) is 3.37. The molecule has 0 amide bonds. The summed E-state index contributed by atoms with van der Waals surface area (Å²) >= 11 is 3.30. The van der Waals surface area contributed by atoms with E-state index in [0.717, 1.165) is 30.4 Å². The molecule has 238 valence electrons. The van der Waals surface area contributed by atoms with Crippen LogP contribution in [0.15, 0.2) is 75.8 Å². The summed E-state index contributed by atoms with van der Waals surface area (Å²) in [5, 5.41) is 0. The molecule has 3 nitrogen and oxygen atoms in total. The second-order valence-corrected chi connectivity index (χ2v) is 11.3. The summed E-state index contributed by atoms with van der Waals surface area (Å²) in [6.45, 7) is 33.0. The van der Waals surface area contributed by atoms with Gasteiger partial charge >= 0.3 is 0 Å². The van der Waals surface area contributed by atoms with Gasteiger partial charge in [0, 0.05) is 24.4 Å². The van der Waals surface area contributed by atoms with Gasteiger partial charge in [-0.1, -0.05) is 137 Å². The minimum Gasteiger partial charge on any atom is -0.370 e. The lowest BCUT2D eigenvalue weighted by Gasteiger charge is -2.15. The Kier molecular flexibility index (Phi) is 38.8. The lowest BCUT2D eigenvalue weighted by molar-refractivity contribution is -0.125. The third-order valence-electron chi connectivity index (χ3n) is 5.85. The molecule has 41 heavy (non-hydrogen) atoms. The minimum absolute atomic E-state index is 0.0741. The first kappa shape index (κ1) is 46.2. The highest BCUT2D eigenvalue weighted by Crippen LogP contribution is 2.23. The van der Waals surface area contributed by atoms with Gasteiger partial charge in [-0.05, 0) is 78.2 Å². The van der Waals surface area contributed by atoms with Crippen molar-refractivity contribution in [3.63, 3.8) is 0 Å². The molecular formula is C37H66BrNO2. The first-order valence-electron chi connectivity index (χ1n) is 15.5. The Morgan fingerprint density at radius 3 is 1.73 bits per heavy atom. The predicted octanol–water partition coefficient (Wildman–Crippen LogP) is 12.4. The number of hydrogen-bond acceptors (Lipinski definition) is 3. The topological polar surface area (TPSA) is 38.7 Å². The standard InChI is InChI=1S/C13H24.C8H13N.C6H9Br.C6H10O2.C4H10/c1-6-8-13(9-7-2)12(5)10-11(3)4;1-4-6-8(5-2)7-9-3;1-4-6(7)5(2)3;1-5(7)6-3-2-4-8-6;1-3-4-2/h10,13H,5-9H2,1-4H3;4,6-7H,1,5H2,2-3H3;4H,1H2,2-3H3;6H,2-4H2,1H3;3-4H2,1-2H3/b;8-6-,9-7?;;;. The van der Waals surface area contributed by atoms with E-state index in [4.69, 9.17) is 4.74 Å². The third kappa shape index (κ3) is 34.3. The largest absolute Gasteiger partial charge is 0.370 e. The van der Waals surface area contributed by atoms with Gasteiger partial charge in [-0.25, -0.2) is 0 Å². The van der Waals surface area contributed by atoms with E-state index >= 15 is 0 Å². The summed E-state index contributed by atoms with van der Waals surface area (Å²) in [5.74, 6) is 0.882. The quantitative estimate of drug-likeness (QED) is 0.158. The zero-order chi connectivity index (χ0) is 32.6. The first-order chi connectivity index (χ1) is 19.4. The molecule has 0 radical (unpaired) electrons. The van der Waals surface area contributed by atoms with Crippen molar-refractivity contribution in [2.75, 3.05) is 13.7 Å². The van der Waals surface area contributed by atoms with Crippen LogP contribution in [0.5, 0.6) is 0 Å². The fraction of sp³-hybridized carbons (Fsp3) is 0.622. The zero-order valence-corrected chi connectivity index (χ0v) is 30.5. The van der Waals surface area contributed by atoms with E-state index in [1.54, 1.807) is 26.1 Å². The maximum atomic E-state index is 10.5. The number of carbonyl (C=O) groups is 1. The van der Waals surface area contributed by atoms with Crippen LogP contribution in [0, 0.1) is 5.92 Å². The molecule has 0 saturated carbocycles. The lowest BCUT2D eigenvalue weighted by atomic mass is 9.90. The predicted molar refractivity (Wildman–Crippen MR) is 193 cm³/mol. The second-order valence-electron chi connectivity index (χ2n) is 10.5. The molecule has 1 atom stereocenters. The van der Waals surface area contributed by atoms with E-state index in [1.165, 1.54) is 60.8 Å². The van der Waals surface area contributed by atoms with Crippen LogP contribution in [0.1, 0.15) is 127 Å². The van der Waals surface area contributed by atoms with Gasteiger partial charge in [0.05, 0.1) is 0 Å². The normalized spacial score (nSPS) is 13.6. The maximum Gasteiger partial charge on any atom is 0.158 e. The molecule has 0 bridgehead atoms.